The molecule has 0 saturated carbocycles. The van der Waals surface area contributed by atoms with Crippen LogP contribution < -0.4 is 10.2 Å². The number of carbonyl (C=O) groups excluding carboxylic acids is 1. The summed E-state index contributed by atoms with van der Waals surface area (Å²) in [6.45, 7) is 5.36. The fraction of sp³-hybridized carbons (Fsp3) is 0.241. The van der Waals surface area contributed by atoms with E-state index in [1.54, 1.807) is 17.2 Å². The molecule has 1 amide bonds. The van der Waals surface area contributed by atoms with Crippen LogP contribution in [0.15, 0.2) is 91.6 Å². The lowest BCUT2D eigenvalue weighted by molar-refractivity contribution is -0.116. The van der Waals surface area contributed by atoms with E-state index in [2.05, 4.69) is 66.2 Å². The Bertz CT molecular complexity index is 1490. The van der Waals surface area contributed by atoms with E-state index in [9.17, 15) is 4.79 Å². The minimum absolute atomic E-state index is 0.0467. The van der Waals surface area contributed by atoms with Crippen LogP contribution in [-0.2, 0) is 17.9 Å². The van der Waals surface area contributed by atoms with Crippen molar-refractivity contribution in [3.05, 3.63) is 97.3 Å². The SMILES string of the molecule is O=C(CCn1cnnc1)Nc1ccc(-c2nc3ccccn3c2CN2CCN(c3ccccc3)CC2)cc1. The van der Waals surface area contributed by atoms with Gasteiger partial charge in [-0.15, -0.1) is 10.2 Å². The lowest BCUT2D eigenvalue weighted by atomic mass is 10.1. The van der Waals surface area contributed by atoms with Gasteiger partial charge in [0.15, 0.2) is 0 Å². The first-order valence-corrected chi connectivity index (χ1v) is 12.9. The molecule has 192 valence electrons. The summed E-state index contributed by atoms with van der Waals surface area (Å²) in [6.07, 6.45) is 5.66. The standard InChI is InChI=1S/C29H30N8O/c38-28(13-15-35-21-30-31-22-35)32-24-11-9-23(10-12-24)29-26(37-14-5-4-8-27(37)33-29)20-34-16-18-36(19-17-34)25-6-2-1-3-7-25/h1-12,14,21-22H,13,15-20H2,(H,32,38). The average molecular weight is 507 g/mol. The van der Waals surface area contributed by atoms with Crippen LogP contribution in [0, 0.1) is 0 Å². The van der Waals surface area contributed by atoms with E-state index < -0.39 is 0 Å². The first kappa shape index (κ1) is 23.9. The zero-order valence-electron chi connectivity index (χ0n) is 21.1. The van der Waals surface area contributed by atoms with Crippen molar-refractivity contribution in [3.63, 3.8) is 0 Å². The molecule has 0 bridgehead atoms. The van der Waals surface area contributed by atoms with Crippen LogP contribution in [0.5, 0.6) is 0 Å². The molecule has 0 atom stereocenters. The fourth-order valence-corrected chi connectivity index (χ4v) is 4.95. The number of rotatable bonds is 8. The second kappa shape index (κ2) is 10.9. The second-order valence-electron chi connectivity index (χ2n) is 9.51. The number of anilines is 2. The Kier molecular flexibility index (Phi) is 6.82. The Hall–Kier alpha value is -4.50. The largest absolute Gasteiger partial charge is 0.369 e. The summed E-state index contributed by atoms with van der Waals surface area (Å²) in [4.78, 5) is 22.3. The summed E-state index contributed by atoms with van der Waals surface area (Å²) in [7, 11) is 0. The number of aryl methyl sites for hydroxylation is 1. The van der Waals surface area contributed by atoms with E-state index in [1.807, 2.05) is 42.5 Å². The molecular weight excluding hydrogens is 476 g/mol. The first-order valence-electron chi connectivity index (χ1n) is 12.9. The van der Waals surface area contributed by atoms with Crippen LogP contribution in [-0.4, -0.2) is 61.1 Å². The molecule has 0 spiro atoms. The van der Waals surface area contributed by atoms with E-state index in [0.29, 0.717) is 13.0 Å². The number of nitrogens with one attached hydrogen (secondary N) is 1. The number of nitrogens with zero attached hydrogens (tertiary/aromatic N) is 7. The summed E-state index contributed by atoms with van der Waals surface area (Å²) >= 11 is 0. The predicted octanol–water partition coefficient (Wildman–Crippen LogP) is 3.94. The molecule has 6 rings (SSSR count). The van der Waals surface area contributed by atoms with Gasteiger partial charge in [0, 0.05) is 68.8 Å². The van der Waals surface area contributed by atoms with Crippen molar-refractivity contribution < 1.29 is 4.79 Å². The van der Waals surface area contributed by atoms with Gasteiger partial charge in [0.1, 0.15) is 18.3 Å². The van der Waals surface area contributed by atoms with Gasteiger partial charge in [0.05, 0.1) is 11.4 Å². The molecular formula is C29H30N8O. The summed E-state index contributed by atoms with van der Waals surface area (Å²) in [6, 6.07) is 24.7. The van der Waals surface area contributed by atoms with Gasteiger partial charge in [-0.05, 0) is 36.4 Å². The maximum atomic E-state index is 12.4. The van der Waals surface area contributed by atoms with Crippen LogP contribution in [0.3, 0.4) is 0 Å². The van der Waals surface area contributed by atoms with Gasteiger partial charge in [-0.3, -0.25) is 9.69 Å². The maximum Gasteiger partial charge on any atom is 0.226 e. The molecule has 0 aliphatic carbocycles. The number of pyridine rings is 1. The molecule has 9 nitrogen and oxygen atoms in total. The number of hydrogen-bond donors (Lipinski definition) is 1. The molecule has 0 unspecified atom stereocenters. The Morgan fingerprint density at radius 3 is 2.34 bits per heavy atom. The van der Waals surface area contributed by atoms with Gasteiger partial charge in [-0.1, -0.05) is 36.4 Å². The topological polar surface area (TPSA) is 83.6 Å². The van der Waals surface area contributed by atoms with Crippen LogP contribution in [0.25, 0.3) is 16.9 Å². The number of amides is 1. The van der Waals surface area contributed by atoms with Crippen LogP contribution in [0.4, 0.5) is 11.4 Å². The lowest BCUT2D eigenvalue weighted by Crippen LogP contribution is -2.46. The minimum Gasteiger partial charge on any atom is -0.369 e. The Morgan fingerprint density at radius 2 is 1.58 bits per heavy atom. The lowest BCUT2D eigenvalue weighted by Gasteiger charge is -2.36. The molecule has 9 heteroatoms. The number of hydrogen-bond acceptors (Lipinski definition) is 6. The number of para-hydroxylation sites is 1. The molecule has 1 N–H and O–H groups in total. The molecule has 5 aromatic rings. The normalized spacial score (nSPS) is 14.2. The number of carbonyl (C=O) groups is 1. The van der Waals surface area contributed by atoms with Crippen molar-refractivity contribution in [2.24, 2.45) is 0 Å². The average Bonchev–Trinajstić information content (AvgIpc) is 3.62. The Morgan fingerprint density at radius 1 is 0.842 bits per heavy atom. The number of piperazine rings is 1. The van der Waals surface area contributed by atoms with Gasteiger partial charge in [-0.25, -0.2) is 4.98 Å². The monoisotopic (exact) mass is 506 g/mol. The van der Waals surface area contributed by atoms with Gasteiger partial charge in [0.2, 0.25) is 5.91 Å². The molecule has 2 aromatic carbocycles. The first-order chi connectivity index (χ1) is 18.7. The van der Waals surface area contributed by atoms with Crippen LogP contribution in [0.1, 0.15) is 12.1 Å². The van der Waals surface area contributed by atoms with E-state index in [4.69, 9.17) is 4.98 Å². The third-order valence-corrected chi connectivity index (χ3v) is 7.00. The zero-order chi connectivity index (χ0) is 25.7. The van der Waals surface area contributed by atoms with Crippen molar-refractivity contribution in [2.45, 2.75) is 19.5 Å². The van der Waals surface area contributed by atoms with Gasteiger partial charge < -0.3 is 19.2 Å². The van der Waals surface area contributed by atoms with Crippen molar-refractivity contribution in [2.75, 3.05) is 36.4 Å². The van der Waals surface area contributed by atoms with Crippen molar-refractivity contribution in [3.8, 4) is 11.3 Å². The predicted molar refractivity (Wildman–Crippen MR) is 148 cm³/mol. The fourth-order valence-electron chi connectivity index (χ4n) is 4.95. The molecule has 1 aliphatic heterocycles. The second-order valence-corrected chi connectivity index (χ2v) is 9.51. The van der Waals surface area contributed by atoms with Crippen LogP contribution in [0.2, 0.25) is 0 Å². The van der Waals surface area contributed by atoms with E-state index >= 15 is 0 Å². The molecule has 1 fully saturated rings. The smallest absolute Gasteiger partial charge is 0.226 e. The van der Waals surface area contributed by atoms with Gasteiger partial charge in [0.25, 0.3) is 0 Å². The third-order valence-electron chi connectivity index (χ3n) is 7.00. The minimum atomic E-state index is -0.0467. The molecule has 4 heterocycles. The van der Waals surface area contributed by atoms with Crippen molar-refractivity contribution >= 4 is 22.9 Å². The number of imidazole rings is 1. The van der Waals surface area contributed by atoms with E-state index in [1.165, 1.54) is 11.4 Å². The number of aromatic nitrogens is 5. The highest BCUT2D eigenvalue weighted by Crippen LogP contribution is 2.28. The quantitative estimate of drug-likeness (QED) is 0.343. The van der Waals surface area contributed by atoms with E-state index in [0.717, 1.165) is 55.3 Å². The van der Waals surface area contributed by atoms with Gasteiger partial charge >= 0.3 is 0 Å². The highest BCUT2D eigenvalue weighted by Gasteiger charge is 2.21. The zero-order valence-corrected chi connectivity index (χ0v) is 21.1. The van der Waals surface area contributed by atoms with Gasteiger partial charge in [-0.2, -0.15) is 0 Å². The summed E-state index contributed by atoms with van der Waals surface area (Å²) in [5.41, 5.74) is 6.19. The van der Waals surface area contributed by atoms with E-state index in [-0.39, 0.29) is 5.91 Å². The maximum absolute atomic E-state index is 12.4. The molecule has 1 saturated heterocycles. The van der Waals surface area contributed by atoms with Crippen LogP contribution >= 0.6 is 0 Å². The number of benzene rings is 2. The Balaban J connectivity index is 1.16. The van der Waals surface area contributed by atoms with Crippen molar-refractivity contribution in [1.29, 1.82) is 0 Å². The highest BCUT2D eigenvalue weighted by molar-refractivity contribution is 5.91. The van der Waals surface area contributed by atoms with Crippen molar-refractivity contribution in [1.82, 2.24) is 29.0 Å². The molecule has 3 aromatic heterocycles. The third kappa shape index (κ3) is 5.28. The molecule has 0 radical (unpaired) electrons. The highest BCUT2D eigenvalue weighted by atomic mass is 16.1. The Labute approximate surface area is 221 Å². The summed E-state index contributed by atoms with van der Waals surface area (Å²) < 4.78 is 3.98. The molecule has 1 aliphatic rings. The number of fused-ring (bicyclic) bond motifs is 1. The summed E-state index contributed by atoms with van der Waals surface area (Å²) in [5, 5.41) is 10.5. The summed E-state index contributed by atoms with van der Waals surface area (Å²) in [5.74, 6) is -0.0467. The molecule has 38 heavy (non-hydrogen) atoms.